The van der Waals surface area contributed by atoms with E-state index in [4.69, 9.17) is 4.74 Å². The first-order valence-corrected chi connectivity index (χ1v) is 11.6. The van der Waals surface area contributed by atoms with E-state index in [-0.39, 0.29) is 10.6 Å². The summed E-state index contributed by atoms with van der Waals surface area (Å²) in [6, 6.07) is 7.15. The van der Waals surface area contributed by atoms with Crippen LogP contribution in [0, 0.1) is 0 Å². The molecule has 2 heterocycles. The number of hydrogen-bond donors (Lipinski definition) is 3. The van der Waals surface area contributed by atoms with Crippen molar-refractivity contribution in [2.24, 2.45) is 0 Å². The van der Waals surface area contributed by atoms with Crippen LogP contribution in [0.3, 0.4) is 0 Å². The number of anilines is 1. The van der Waals surface area contributed by atoms with Gasteiger partial charge in [0.05, 0.1) is 7.11 Å². The Kier molecular flexibility index (Phi) is 8.35. The van der Waals surface area contributed by atoms with Gasteiger partial charge in [-0.25, -0.2) is 9.59 Å². The Morgan fingerprint density at radius 1 is 1.27 bits per heavy atom. The van der Waals surface area contributed by atoms with Crippen molar-refractivity contribution in [3.63, 3.8) is 0 Å². The molecule has 0 spiro atoms. The zero-order valence-electron chi connectivity index (χ0n) is 16.8. The predicted molar refractivity (Wildman–Crippen MR) is 119 cm³/mol. The number of rotatable bonds is 10. The number of aromatic nitrogens is 1. The second kappa shape index (κ2) is 11.2. The summed E-state index contributed by atoms with van der Waals surface area (Å²) in [7, 11) is 1.61. The standard InChI is InChI=1S/C20H26N4O4S2/c1-28-15-7-5-14(6-8-15)13-29-18-16(19(25)26)17(30-23-18)22-20(27)21-9-4-12-24-10-2-3-11-24/h5-8H,2-4,9-13H2,1H3,(H,25,26)(H2,21,22,27). The molecule has 0 unspecified atom stereocenters. The minimum atomic E-state index is -1.11. The van der Waals surface area contributed by atoms with Crippen LogP contribution in [0.4, 0.5) is 9.80 Å². The molecule has 1 aromatic carbocycles. The minimum Gasteiger partial charge on any atom is -0.497 e. The molecule has 0 bridgehead atoms. The number of methoxy groups -OCH3 is 1. The first-order valence-electron chi connectivity index (χ1n) is 9.82. The number of thioether (sulfide) groups is 1. The van der Waals surface area contributed by atoms with Crippen LogP contribution in [-0.2, 0) is 5.75 Å². The van der Waals surface area contributed by atoms with Crippen LogP contribution in [-0.4, -0.2) is 59.7 Å². The number of amides is 2. The number of ether oxygens (including phenoxy) is 1. The van der Waals surface area contributed by atoms with Gasteiger partial charge in [-0.15, -0.1) is 0 Å². The summed E-state index contributed by atoms with van der Waals surface area (Å²) < 4.78 is 9.38. The third-order valence-electron chi connectivity index (χ3n) is 4.77. The molecule has 2 aromatic rings. The highest BCUT2D eigenvalue weighted by molar-refractivity contribution is 7.98. The zero-order chi connectivity index (χ0) is 21.3. The molecule has 1 saturated heterocycles. The monoisotopic (exact) mass is 450 g/mol. The van der Waals surface area contributed by atoms with Gasteiger partial charge >= 0.3 is 12.0 Å². The molecule has 3 N–H and O–H groups in total. The van der Waals surface area contributed by atoms with Crippen LogP contribution in [0.25, 0.3) is 0 Å². The van der Waals surface area contributed by atoms with Crippen LogP contribution in [0.2, 0.25) is 0 Å². The molecular weight excluding hydrogens is 424 g/mol. The van der Waals surface area contributed by atoms with Crippen molar-refractivity contribution in [3.8, 4) is 5.75 Å². The number of carboxylic acid groups (broad SMARTS) is 1. The smallest absolute Gasteiger partial charge is 0.341 e. The highest BCUT2D eigenvalue weighted by Gasteiger charge is 2.22. The Bertz CT molecular complexity index is 851. The van der Waals surface area contributed by atoms with E-state index in [2.05, 4.69) is 19.9 Å². The second-order valence-corrected chi connectivity index (χ2v) is 8.65. The molecule has 3 rings (SSSR count). The maximum absolute atomic E-state index is 12.2. The molecule has 0 aliphatic carbocycles. The lowest BCUT2D eigenvalue weighted by molar-refractivity contribution is 0.0694. The Morgan fingerprint density at radius 2 is 2.00 bits per heavy atom. The largest absolute Gasteiger partial charge is 0.497 e. The zero-order valence-corrected chi connectivity index (χ0v) is 18.5. The minimum absolute atomic E-state index is 0.0331. The summed E-state index contributed by atoms with van der Waals surface area (Å²) in [5.41, 5.74) is 1.06. The van der Waals surface area contributed by atoms with Crippen molar-refractivity contribution in [3.05, 3.63) is 35.4 Å². The van der Waals surface area contributed by atoms with Crippen molar-refractivity contribution in [1.29, 1.82) is 0 Å². The molecule has 2 amide bonds. The average molecular weight is 451 g/mol. The number of carboxylic acids is 1. The van der Waals surface area contributed by atoms with Crippen LogP contribution in [0.5, 0.6) is 5.75 Å². The Balaban J connectivity index is 1.51. The number of likely N-dealkylation sites (tertiary alicyclic amines) is 1. The summed E-state index contributed by atoms with van der Waals surface area (Å²) in [6.45, 7) is 3.77. The van der Waals surface area contributed by atoms with Gasteiger partial charge in [0.25, 0.3) is 0 Å². The molecule has 0 saturated carbocycles. The highest BCUT2D eigenvalue weighted by Crippen LogP contribution is 2.33. The maximum Gasteiger partial charge on any atom is 0.341 e. The molecule has 1 fully saturated rings. The van der Waals surface area contributed by atoms with E-state index >= 15 is 0 Å². The molecule has 0 radical (unpaired) electrons. The summed E-state index contributed by atoms with van der Waals surface area (Å²) in [5.74, 6) is 0.225. The fourth-order valence-corrected chi connectivity index (χ4v) is 5.08. The number of carbonyl (C=O) groups excluding carboxylic acids is 1. The lowest BCUT2D eigenvalue weighted by Gasteiger charge is -2.14. The number of carbonyl (C=O) groups is 2. The number of aromatic carboxylic acids is 1. The Labute approximate surface area is 184 Å². The molecular formula is C20H26N4O4S2. The summed E-state index contributed by atoms with van der Waals surface area (Å²) in [6.07, 6.45) is 3.36. The van der Waals surface area contributed by atoms with E-state index in [9.17, 15) is 14.7 Å². The van der Waals surface area contributed by atoms with Crippen molar-refractivity contribution in [2.75, 3.05) is 38.6 Å². The van der Waals surface area contributed by atoms with Gasteiger partial charge in [-0.1, -0.05) is 23.9 Å². The van der Waals surface area contributed by atoms with E-state index in [1.807, 2.05) is 24.3 Å². The lowest BCUT2D eigenvalue weighted by atomic mass is 10.2. The fourth-order valence-electron chi connectivity index (χ4n) is 3.18. The molecule has 1 aliphatic rings. The molecule has 1 aromatic heterocycles. The van der Waals surface area contributed by atoms with Crippen LogP contribution < -0.4 is 15.4 Å². The fraction of sp³-hybridized carbons (Fsp3) is 0.450. The van der Waals surface area contributed by atoms with Crippen molar-refractivity contribution in [2.45, 2.75) is 30.0 Å². The molecule has 1 aliphatic heterocycles. The molecule has 0 atom stereocenters. The van der Waals surface area contributed by atoms with Crippen LogP contribution >= 0.6 is 23.3 Å². The first kappa shape index (κ1) is 22.4. The van der Waals surface area contributed by atoms with Gasteiger partial charge in [0, 0.05) is 12.3 Å². The van der Waals surface area contributed by atoms with Gasteiger partial charge in [-0.3, -0.25) is 5.32 Å². The van der Waals surface area contributed by atoms with E-state index in [0.717, 1.165) is 48.9 Å². The lowest BCUT2D eigenvalue weighted by Crippen LogP contribution is -2.32. The van der Waals surface area contributed by atoms with Gasteiger partial charge in [-0.2, -0.15) is 4.37 Å². The van der Waals surface area contributed by atoms with Gasteiger partial charge in [0.15, 0.2) is 0 Å². The summed E-state index contributed by atoms with van der Waals surface area (Å²) in [5, 5.41) is 15.7. The summed E-state index contributed by atoms with van der Waals surface area (Å²) in [4.78, 5) is 26.3. The van der Waals surface area contributed by atoms with Gasteiger partial charge < -0.3 is 20.1 Å². The van der Waals surface area contributed by atoms with Crippen molar-refractivity contribution >= 4 is 40.3 Å². The SMILES string of the molecule is COc1ccc(CSc2nsc(NC(=O)NCCCN3CCCC3)c2C(=O)O)cc1. The Hall–Kier alpha value is -2.30. The number of nitrogens with zero attached hydrogens (tertiary/aromatic N) is 2. The molecule has 8 nitrogen and oxygen atoms in total. The normalized spacial score (nSPS) is 13.9. The number of hydrogen-bond acceptors (Lipinski definition) is 7. The number of benzene rings is 1. The molecule has 10 heteroatoms. The maximum atomic E-state index is 12.2. The van der Waals surface area contributed by atoms with Crippen molar-refractivity contribution in [1.82, 2.24) is 14.6 Å². The number of urea groups is 1. The first-order chi connectivity index (χ1) is 14.6. The van der Waals surface area contributed by atoms with Gasteiger partial charge in [-0.05, 0) is 68.1 Å². The van der Waals surface area contributed by atoms with E-state index in [0.29, 0.717) is 17.3 Å². The predicted octanol–water partition coefficient (Wildman–Crippen LogP) is 3.75. The van der Waals surface area contributed by atoms with Crippen LogP contribution in [0.1, 0.15) is 35.2 Å². The average Bonchev–Trinajstić information content (AvgIpc) is 3.40. The highest BCUT2D eigenvalue weighted by atomic mass is 32.2. The third kappa shape index (κ3) is 6.35. The van der Waals surface area contributed by atoms with E-state index < -0.39 is 12.0 Å². The second-order valence-electron chi connectivity index (χ2n) is 6.92. The topological polar surface area (TPSA) is 104 Å². The van der Waals surface area contributed by atoms with Crippen molar-refractivity contribution < 1.29 is 19.4 Å². The third-order valence-corrected chi connectivity index (χ3v) is 6.70. The van der Waals surface area contributed by atoms with Gasteiger partial charge in [0.1, 0.15) is 21.3 Å². The quantitative estimate of drug-likeness (QED) is 0.374. The molecule has 30 heavy (non-hydrogen) atoms. The van der Waals surface area contributed by atoms with E-state index in [1.54, 1.807) is 7.11 Å². The van der Waals surface area contributed by atoms with E-state index in [1.165, 1.54) is 24.6 Å². The Morgan fingerprint density at radius 3 is 2.67 bits per heavy atom. The van der Waals surface area contributed by atoms with Gasteiger partial charge in [0.2, 0.25) is 0 Å². The molecule has 162 valence electrons. The van der Waals surface area contributed by atoms with Crippen LogP contribution in [0.15, 0.2) is 29.3 Å². The summed E-state index contributed by atoms with van der Waals surface area (Å²) >= 11 is 2.31. The number of nitrogens with one attached hydrogen (secondary N) is 2.